The molecule has 0 spiro atoms. The number of hydrogen-bond acceptors (Lipinski definition) is 4. The number of rotatable bonds is 3. The van der Waals surface area contributed by atoms with E-state index in [-0.39, 0.29) is 5.56 Å². The SMILES string of the molecule is CC(C(=O)O)(C(=O)O)c1ccc2c(c1)Sc1ccccc1S2. The first-order chi connectivity index (χ1) is 10.4. The summed E-state index contributed by atoms with van der Waals surface area (Å²) in [6, 6.07) is 13.0. The molecule has 4 nitrogen and oxygen atoms in total. The summed E-state index contributed by atoms with van der Waals surface area (Å²) < 4.78 is 0. The van der Waals surface area contributed by atoms with E-state index in [0.717, 1.165) is 19.6 Å². The third-order valence-electron chi connectivity index (χ3n) is 3.67. The highest BCUT2D eigenvalue weighted by molar-refractivity contribution is 8.05. The van der Waals surface area contributed by atoms with Gasteiger partial charge in [-0.05, 0) is 36.8 Å². The van der Waals surface area contributed by atoms with Gasteiger partial charge in [-0.25, -0.2) is 0 Å². The smallest absolute Gasteiger partial charge is 0.325 e. The molecule has 0 aliphatic carbocycles. The van der Waals surface area contributed by atoms with Crippen LogP contribution >= 0.6 is 23.5 Å². The van der Waals surface area contributed by atoms with Crippen molar-refractivity contribution in [3.05, 3.63) is 48.0 Å². The average Bonchev–Trinajstić information content (AvgIpc) is 2.51. The molecule has 0 saturated heterocycles. The van der Waals surface area contributed by atoms with Crippen molar-refractivity contribution < 1.29 is 19.8 Å². The third-order valence-corrected chi connectivity index (χ3v) is 6.21. The zero-order chi connectivity index (χ0) is 15.9. The van der Waals surface area contributed by atoms with Crippen molar-refractivity contribution in [2.24, 2.45) is 0 Å². The van der Waals surface area contributed by atoms with Gasteiger partial charge in [0.15, 0.2) is 5.41 Å². The quantitative estimate of drug-likeness (QED) is 0.712. The van der Waals surface area contributed by atoms with Crippen molar-refractivity contribution >= 4 is 35.5 Å². The van der Waals surface area contributed by atoms with Crippen LogP contribution < -0.4 is 0 Å². The first-order valence-electron chi connectivity index (χ1n) is 6.49. The van der Waals surface area contributed by atoms with Crippen molar-refractivity contribution in [2.75, 3.05) is 0 Å². The van der Waals surface area contributed by atoms with Gasteiger partial charge in [-0.15, -0.1) is 0 Å². The molecule has 3 rings (SSSR count). The third kappa shape index (κ3) is 2.28. The van der Waals surface area contributed by atoms with Gasteiger partial charge < -0.3 is 10.2 Å². The van der Waals surface area contributed by atoms with E-state index >= 15 is 0 Å². The predicted molar refractivity (Wildman–Crippen MR) is 83.8 cm³/mol. The van der Waals surface area contributed by atoms with E-state index in [0.29, 0.717) is 0 Å². The highest BCUT2D eigenvalue weighted by atomic mass is 32.2. The summed E-state index contributed by atoms with van der Waals surface area (Å²) in [6.45, 7) is 1.22. The zero-order valence-corrected chi connectivity index (χ0v) is 13.2. The van der Waals surface area contributed by atoms with Gasteiger partial charge >= 0.3 is 11.9 Å². The highest BCUT2D eigenvalue weighted by Gasteiger charge is 2.44. The van der Waals surface area contributed by atoms with Crippen LogP contribution in [0, 0.1) is 0 Å². The second-order valence-electron chi connectivity index (χ2n) is 5.05. The Morgan fingerprint density at radius 2 is 1.36 bits per heavy atom. The Balaban J connectivity index is 2.06. The molecular formula is C16H12O4S2. The van der Waals surface area contributed by atoms with E-state index in [9.17, 15) is 19.8 Å². The number of carboxylic acids is 2. The zero-order valence-electron chi connectivity index (χ0n) is 11.6. The molecule has 0 fully saturated rings. The molecule has 2 N–H and O–H groups in total. The normalized spacial score (nSPS) is 13.1. The molecule has 1 aliphatic heterocycles. The fourth-order valence-electron chi connectivity index (χ4n) is 2.18. The van der Waals surface area contributed by atoms with Crippen LogP contribution in [0.2, 0.25) is 0 Å². The van der Waals surface area contributed by atoms with Gasteiger partial charge in [-0.1, -0.05) is 41.7 Å². The lowest BCUT2D eigenvalue weighted by atomic mass is 9.83. The average molecular weight is 332 g/mol. The minimum atomic E-state index is -1.95. The lowest BCUT2D eigenvalue weighted by Crippen LogP contribution is -2.40. The van der Waals surface area contributed by atoms with Gasteiger partial charge in [0.05, 0.1) is 0 Å². The number of hydrogen-bond donors (Lipinski definition) is 2. The van der Waals surface area contributed by atoms with E-state index in [4.69, 9.17) is 0 Å². The minimum absolute atomic E-state index is 0.277. The number of carboxylic acid groups (broad SMARTS) is 2. The van der Waals surface area contributed by atoms with Gasteiger partial charge in [-0.2, -0.15) is 0 Å². The maximum absolute atomic E-state index is 11.4. The number of fused-ring (bicyclic) bond motifs is 2. The van der Waals surface area contributed by atoms with Crippen LogP contribution in [0.25, 0.3) is 0 Å². The van der Waals surface area contributed by atoms with Crippen molar-refractivity contribution in [1.82, 2.24) is 0 Å². The lowest BCUT2D eigenvalue weighted by molar-refractivity contribution is -0.156. The standard InChI is InChI=1S/C16H12O4S2/c1-16(14(17)18,15(19)20)9-6-7-12-13(8-9)22-11-5-3-2-4-10(11)21-12/h2-8H,1H3,(H,17,18)(H,19,20). The summed E-state index contributed by atoms with van der Waals surface area (Å²) in [5.74, 6) is -2.73. The van der Waals surface area contributed by atoms with Crippen molar-refractivity contribution in [3.63, 3.8) is 0 Å². The molecule has 112 valence electrons. The van der Waals surface area contributed by atoms with Crippen molar-refractivity contribution in [2.45, 2.75) is 31.9 Å². The summed E-state index contributed by atoms with van der Waals surface area (Å²) in [5, 5.41) is 18.7. The molecule has 0 aromatic heterocycles. The van der Waals surface area contributed by atoms with E-state index in [2.05, 4.69) is 0 Å². The molecule has 1 heterocycles. The molecular weight excluding hydrogens is 320 g/mol. The molecule has 0 unspecified atom stereocenters. The fraction of sp³-hybridized carbons (Fsp3) is 0.125. The second kappa shape index (κ2) is 5.37. The number of aliphatic carboxylic acids is 2. The number of benzene rings is 2. The second-order valence-corrected chi connectivity index (χ2v) is 7.22. The van der Waals surface area contributed by atoms with Gasteiger partial charge in [0, 0.05) is 19.6 Å². The fourth-order valence-corrected chi connectivity index (χ4v) is 4.43. The van der Waals surface area contributed by atoms with Crippen molar-refractivity contribution in [3.8, 4) is 0 Å². The molecule has 0 atom stereocenters. The molecule has 2 aromatic carbocycles. The Hall–Kier alpha value is -1.92. The van der Waals surface area contributed by atoms with Gasteiger partial charge in [-0.3, -0.25) is 9.59 Å². The molecule has 2 aromatic rings. The Morgan fingerprint density at radius 1 is 0.864 bits per heavy atom. The Kier molecular flexibility index (Phi) is 3.66. The van der Waals surface area contributed by atoms with E-state index in [1.54, 1.807) is 30.0 Å². The van der Waals surface area contributed by atoms with E-state index < -0.39 is 17.4 Å². The summed E-state index contributed by atoms with van der Waals surface area (Å²) in [4.78, 5) is 27.0. The predicted octanol–water partition coefficient (Wildman–Crippen LogP) is 3.73. The van der Waals surface area contributed by atoms with Gasteiger partial charge in [0.2, 0.25) is 0 Å². The van der Waals surface area contributed by atoms with E-state index in [1.807, 2.05) is 24.3 Å². The summed E-state index contributed by atoms with van der Waals surface area (Å²) in [6.07, 6.45) is 0. The summed E-state index contributed by atoms with van der Waals surface area (Å²) in [5.41, 5.74) is -1.67. The van der Waals surface area contributed by atoms with Crippen LogP contribution in [-0.2, 0) is 15.0 Å². The Bertz CT molecular complexity index is 771. The minimum Gasteiger partial charge on any atom is -0.480 e. The molecule has 22 heavy (non-hydrogen) atoms. The molecule has 6 heteroatoms. The lowest BCUT2D eigenvalue weighted by Gasteiger charge is -2.24. The maximum atomic E-state index is 11.4. The van der Waals surface area contributed by atoms with Crippen LogP contribution in [0.4, 0.5) is 0 Å². The van der Waals surface area contributed by atoms with E-state index in [1.165, 1.54) is 18.7 Å². The monoisotopic (exact) mass is 332 g/mol. The maximum Gasteiger partial charge on any atom is 0.325 e. The van der Waals surface area contributed by atoms with Gasteiger partial charge in [0.25, 0.3) is 0 Å². The molecule has 0 bridgehead atoms. The molecule has 0 amide bonds. The van der Waals surface area contributed by atoms with Crippen LogP contribution in [-0.4, -0.2) is 22.2 Å². The van der Waals surface area contributed by atoms with Crippen LogP contribution in [0.15, 0.2) is 62.0 Å². The summed E-state index contributed by atoms with van der Waals surface area (Å²) >= 11 is 3.13. The van der Waals surface area contributed by atoms with Gasteiger partial charge in [0.1, 0.15) is 0 Å². The molecule has 0 saturated carbocycles. The topological polar surface area (TPSA) is 74.6 Å². The first-order valence-corrected chi connectivity index (χ1v) is 8.12. The van der Waals surface area contributed by atoms with Crippen LogP contribution in [0.5, 0.6) is 0 Å². The van der Waals surface area contributed by atoms with Crippen molar-refractivity contribution in [1.29, 1.82) is 0 Å². The van der Waals surface area contributed by atoms with Crippen LogP contribution in [0.1, 0.15) is 12.5 Å². The molecule has 1 aliphatic rings. The highest BCUT2D eigenvalue weighted by Crippen LogP contribution is 2.49. The Morgan fingerprint density at radius 3 is 1.91 bits per heavy atom. The first kappa shape index (κ1) is 15.0. The van der Waals surface area contributed by atoms with Crippen LogP contribution in [0.3, 0.4) is 0 Å². The summed E-state index contributed by atoms with van der Waals surface area (Å²) in [7, 11) is 0. The number of carbonyl (C=O) groups is 2. The Labute approximate surface area is 135 Å². The largest absolute Gasteiger partial charge is 0.480 e. The molecule has 0 radical (unpaired) electrons.